The van der Waals surface area contributed by atoms with Crippen LogP contribution < -0.4 is 10.6 Å². The van der Waals surface area contributed by atoms with E-state index in [2.05, 4.69) is 97.8 Å². The number of carbonyl (C=O) groups is 1. The van der Waals surface area contributed by atoms with Crippen molar-refractivity contribution in [2.24, 2.45) is 11.8 Å². The second-order valence-electron chi connectivity index (χ2n) is 10.5. The lowest BCUT2D eigenvalue weighted by Crippen LogP contribution is -2.56. The van der Waals surface area contributed by atoms with Gasteiger partial charge in [-0.1, -0.05) is 82.3 Å². The van der Waals surface area contributed by atoms with Crippen molar-refractivity contribution < 1.29 is 4.79 Å². The maximum Gasteiger partial charge on any atom is 0.237 e. The summed E-state index contributed by atoms with van der Waals surface area (Å²) in [6, 6.07) is 19.4. The average molecular weight is 434 g/mol. The molecule has 172 valence electrons. The summed E-state index contributed by atoms with van der Waals surface area (Å²) in [5.41, 5.74) is 4.26. The van der Waals surface area contributed by atoms with E-state index in [1.165, 1.54) is 16.7 Å². The van der Waals surface area contributed by atoms with Crippen LogP contribution in [0.4, 0.5) is 0 Å². The van der Waals surface area contributed by atoms with E-state index in [1.54, 1.807) is 0 Å². The summed E-state index contributed by atoms with van der Waals surface area (Å²) < 4.78 is 0. The highest BCUT2D eigenvalue weighted by molar-refractivity contribution is 5.82. The van der Waals surface area contributed by atoms with Crippen LogP contribution in [0.25, 0.3) is 0 Å². The first-order valence-electron chi connectivity index (χ1n) is 12.2. The lowest BCUT2D eigenvalue weighted by Gasteiger charge is -2.46. The summed E-state index contributed by atoms with van der Waals surface area (Å²) in [6.45, 7) is 13.1. The highest BCUT2D eigenvalue weighted by atomic mass is 16.2. The van der Waals surface area contributed by atoms with Gasteiger partial charge in [0.1, 0.15) is 0 Å². The number of nitrogens with zero attached hydrogens (tertiary/aromatic N) is 1. The van der Waals surface area contributed by atoms with E-state index >= 15 is 0 Å². The molecule has 4 heteroatoms. The number of rotatable bonds is 6. The van der Waals surface area contributed by atoms with Gasteiger partial charge in [-0.15, -0.1) is 0 Å². The first kappa shape index (κ1) is 23.0. The molecule has 2 aliphatic heterocycles. The summed E-state index contributed by atoms with van der Waals surface area (Å²) in [4.78, 5) is 15.7. The molecule has 4 atom stereocenters. The molecule has 0 bridgehead atoms. The highest BCUT2D eigenvalue weighted by Gasteiger charge is 2.38. The Labute approximate surface area is 193 Å². The Kier molecular flexibility index (Phi) is 7.02. The van der Waals surface area contributed by atoms with Crippen molar-refractivity contribution in [1.29, 1.82) is 0 Å². The normalized spacial score (nSPS) is 27.0. The molecule has 32 heavy (non-hydrogen) atoms. The third-order valence-electron chi connectivity index (χ3n) is 7.99. The molecule has 4 rings (SSSR count). The third-order valence-corrected chi connectivity index (χ3v) is 7.99. The summed E-state index contributed by atoms with van der Waals surface area (Å²) in [7, 11) is 0. The number of fused-ring (bicyclic) bond motifs is 1. The van der Waals surface area contributed by atoms with Crippen molar-refractivity contribution in [3.05, 3.63) is 71.3 Å². The molecule has 2 aromatic rings. The molecule has 1 saturated heterocycles. The number of hydrogen-bond acceptors (Lipinski definition) is 3. The smallest absolute Gasteiger partial charge is 0.237 e. The molecule has 0 radical (unpaired) electrons. The fraction of sp³-hybridized carbons (Fsp3) is 0.536. The molecule has 2 aromatic carbocycles. The summed E-state index contributed by atoms with van der Waals surface area (Å²) >= 11 is 0. The van der Waals surface area contributed by atoms with Crippen LogP contribution in [0.15, 0.2) is 54.6 Å². The van der Waals surface area contributed by atoms with Gasteiger partial charge in [-0.2, -0.15) is 0 Å². The van der Waals surface area contributed by atoms with Crippen molar-refractivity contribution in [2.75, 3.05) is 19.6 Å². The van der Waals surface area contributed by atoms with Crippen molar-refractivity contribution in [3.8, 4) is 0 Å². The van der Waals surface area contributed by atoms with Crippen LogP contribution in [0.2, 0.25) is 0 Å². The van der Waals surface area contributed by atoms with Crippen molar-refractivity contribution in [2.45, 2.75) is 64.6 Å². The molecule has 0 spiro atoms. The molecule has 0 aliphatic carbocycles. The van der Waals surface area contributed by atoms with Crippen molar-refractivity contribution >= 4 is 5.91 Å². The predicted molar refractivity (Wildman–Crippen MR) is 132 cm³/mol. The average Bonchev–Trinajstić information content (AvgIpc) is 2.81. The fourth-order valence-corrected chi connectivity index (χ4v) is 5.35. The van der Waals surface area contributed by atoms with Gasteiger partial charge < -0.3 is 15.5 Å². The Morgan fingerprint density at radius 2 is 1.81 bits per heavy atom. The van der Waals surface area contributed by atoms with Gasteiger partial charge in [0, 0.05) is 25.7 Å². The van der Waals surface area contributed by atoms with Crippen LogP contribution in [0.1, 0.15) is 50.8 Å². The quantitative estimate of drug-likeness (QED) is 0.720. The molecular weight excluding hydrogens is 394 g/mol. The second kappa shape index (κ2) is 9.76. The van der Waals surface area contributed by atoms with Crippen LogP contribution in [0.3, 0.4) is 0 Å². The summed E-state index contributed by atoms with van der Waals surface area (Å²) in [5, 5.41) is 6.82. The van der Waals surface area contributed by atoms with Crippen molar-refractivity contribution in [1.82, 2.24) is 15.5 Å². The minimum Gasteiger partial charge on any atom is -0.350 e. The molecule has 0 unspecified atom stereocenters. The van der Waals surface area contributed by atoms with E-state index in [1.807, 2.05) is 0 Å². The van der Waals surface area contributed by atoms with Gasteiger partial charge in [-0.05, 0) is 53.3 Å². The predicted octanol–water partition coefficient (Wildman–Crippen LogP) is 4.14. The minimum absolute atomic E-state index is 0.136. The lowest BCUT2D eigenvalue weighted by atomic mass is 9.68. The van der Waals surface area contributed by atoms with E-state index in [4.69, 9.17) is 0 Å². The largest absolute Gasteiger partial charge is 0.350 e. The van der Waals surface area contributed by atoms with E-state index < -0.39 is 0 Å². The minimum atomic E-state index is -0.146. The number of likely N-dealkylation sites (tertiary alicyclic amines) is 1. The Morgan fingerprint density at radius 3 is 2.50 bits per heavy atom. The molecule has 2 heterocycles. The SMILES string of the molecule is CC(C)[C@@H](CN1CC[C@@](C)(c2ccccc2)[C@@H](C)C1)NC(=O)[C@H]1Cc2ccccc2CN1. The van der Waals surface area contributed by atoms with Crippen LogP contribution in [-0.4, -0.2) is 42.5 Å². The molecule has 4 nitrogen and oxygen atoms in total. The van der Waals surface area contributed by atoms with Gasteiger partial charge in [-0.3, -0.25) is 4.79 Å². The van der Waals surface area contributed by atoms with Gasteiger partial charge in [0.15, 0.2) is 0 Å². The Hall–Kier alpha value is -2.17. The topological polar surface area (TPSA) is 44.4 Å². The zero-order valence-electron chi connectivity index (χ0n) is 20.1. The third kappa shape index (κ3) is 4.92. The van der Waals surface area contributed by atoms with Gasteiger partial charge in [-0.25, -0.2) is 0 Å². The number of benzene rings is 2. The lowest BCUT2D eigenvalue weighted by molar-refractivity contribution is -0.124. The van der Waals surface area contributed by atoms with Crippen LogP contribution in [0.5, 0.6) is 0 Å². The number of nitrogens with one attached hydrogen (secondary N) is 2. The van der Waals surface area contributed by atoms with E-state index in [-0.39, 0.29) is 23.4 Å². The maximum absolute atomic E-state index is 13.1. The number of hydrogen-bond donors (Lipinski definition) is 2. The standard InChI is InChI=1S/C28H39N3O/c1-20(2)26(30-27(32)25-16-22-10-8-9-11-23(22)17-29-25)19-31-15-14-28(4,21(3)18-31)24-12-6-5-7-13-24/h5-13,20-21,25-26,29H,14-19H2,1-4H3,(H,30,32)/t21-,25+,26+,28+/m0/s1. The van der Waals surface area contributed by atoms with Crippen molar-refractivity contribution in [3.63, 3.8) is 0 Å². The van der Waals surface area contributed by atoms with E-state index in [0.717, 1.165) is 39.0 Å². The molecule has 2 N–H and O–H groups in total. The Bertz CT molecular complexity index is 912. The molecular formula is C28H39N3O. The van der Waals surface area contributed by atoms with Gasteiger partial charge in [0.2, 0.25) is 5.91 Å². The van der Waals surface area contributed by atoms with Gasteiger partial charge >= 0.3 is 0 Å². The zero-order valence-corrected chi connectivity index (χ0v) is 20.1. The van der Waals surface area contributed by atoms with Crippen LogP contribution in [0, 0.1) is 11.8 Å². The summed E-state index contributed by atoms with van der Waals surface area (Å²) in [5.74, 6) is 1.10. The second-order valence-corrected chi connectivity index (χ2v) is 10.5. The van der Waals surface area contributed by atoms with E-state index in [0.29, 0.717) is 11.8 Å². The van der Waals surface area contributed by atoms with Crippen LogP contribution in [-0.2, 0) is 23.2 Å². The monoisotopic (exact) mass is 433 g/mol. The molecule has 2 aliphatic rings. The number of amides is 1. The Balaban J connectivity index is 1.36. The fourth-order valence-electron chi connectivity index (χ4n) is 5.35. The summed E-state index contributed by atoms with van der Waals surface area (Å²) in [6.07, 6.45) is 1.92. The first-order chi connectivity index (χ1) is 15.4. The molecule has 1 fully saturated rings. The number of carbonyl (C=O) groups excluding carboxylic acids is 1. The Morgan fingerprint density at radius 1 is 1.12 bits per heavy atom. The molecule has 0 aromatic heterocycles. The van der Waals surface area contributed by atoms with Gasteiger partial charge in [0.05, 0.1) is 6.04 Å². The molecule has 0 saturated carbocycles. The maximum atomic E-state index is 13.1. The molecule has 1 amide bonds. The number of piperidine rings is 1. The first-order valence-corrected chi connectivity index (χ1v) is 12.2. The zero-order chi connectivity index (χ0) is 22.7. The highest BCUT2D eigenvalue weighted by Crippen LogP contribution is 2.39. The van der Waals surface area contributed by atoms with Crippen LogP contribution >= 0.6 is 0 Å². The van der Waals surface area contributed by atoms with Gasteiger partial charge in [0.25, 0.3) is 0 Å². The van der Waals surface area contributed by atoms with E-state index in [9.17, 15) is 4.79 Å².